The number of hydrogen-bond acceptors (Lipinski definition) is 5. The van der Waals surface area contributed by atoms with Gasteiger partial charge in [0.05, 0.1) is 0 Å². The minimum atomic E-state index is 0.472. The molecule has 1 saturated heterocycles. The summed E-state index contributed by atoms with van der Waals surface area (Å²) in [5, 5.41) is 14.2. The van der Waals surface area contributed by atoms with E-state index in [9.17, 15) is 5.21 Å². The number of rotatable bonds is 3. The predicted octanol–water partition coefficient (Wildman–Crippen LogP) is 4.54. The van der Waals surface area contributed by atoms with E-state index in [-0.39, 0.29) is 0 Å². The number of piperidine rings is 1. The fraction of sp³-hybridized carbons (Fsp3) is 0.318. The Morgan fingerprint density at radius 2 is 1.86 bits per heavy atom. The second-order valence-electron chi connectivity index (χ2n) is 7.59. The number of nitrogens with zero attached hydrogens (tertiary/aromatic N) is 4. The summed E-state index contributed by atoms with van der Waals surface area (Å²) in [5.41, 5.74) is 1.57. The molecule has 2 atom stereocenters. The topological polar surface area (TPSA) is 70.8 Å². The normalized spacial score (nSPS) is 20.4. The molecule has 4 rings (SSSR count). The van der Waals surface area contributed by atoms with Crippen LogP contribution >= 0.6 is 0 Å². The second kappa shape index (κ2) is 7.84. The Morgan fingerprint density at radius 3 is 2.57 bits per heavy atom. The molecule has 6 heteroatoms. The van der Waals surface area contributed by atoms with Crippen LogP contribution in [0.3, 0.4) is 0 Å². The monoisotopic (exact) mass is 376 g/mol. The van der Waals surface area contributed by atoms with Crippen molar-refractivity contribution in [1.82, 2.24) is 14.9 Å². The van der Waals surface area contributed by atoms with Gasteiger partial charge in [-0.3, -0.25) is 4.98 Å². The third kappa shape index (κ3) is 3.76. The molecule has 0 aliphatic carbocycles. The fourth-order valence-corrected chi connectivity index (χ4v) is 3.98. The Kier molecular flexibility index (Phi) is 5.10. The molecular formula is C22H24N4O2. The smallest absolute Gasteiger partial charge is 0.219 e. The van der Waals surface area contributed by atoms with Gasteiger partial charge in [-0.1, -0.05) is 37.2 Å². The standard InChI is InChI=1S/C22H24N4O2/c1-15-11-16(2)14-26(13-15)22(25-27)18-8-9-20(24-12-18)28-19-7-3-5-17-6-4-10-23-21(17)19/h3-10,12,15-16,27H,11,13-14H2,1-2H3/b25-22-. The Labute approximate surface area is 164 Å². The lowest BCUT2D eigenvalue weighted by Crippen LogP contribution is -2.43. The summed E-state index contributed by atoms with van der Waals surface area (Å²) in [6.07, 6.45) is 4.63. The van der Waals surface area contributed by atoms with Gasteiger partial charge < -0.3 is 14.8 Å². The second-order valence-corrected chi connectivity index (χ2v) is 7.59. The zero-order valence-corrected chi connectivity index (χ0v) is 16.1. The molecule has 2 unspecified atom stereocenters. The van der Waals surface area contributed by atoms with Crippen LogP contribution in [0.1, 0.15) is 25.8 Å². The maximum absolute atomic E-state index is 9.61. The summed E-state index contributed by atoms with van der Waals surface area (Å²) in [7, 11) is 0. The number of oxime groups is 1. The lowest BCUT2D eigenvalue weighted by atomic mass is 9.91. The minimum Gasteiger partial charge on any atom is -0.437 e. The molecule has 28 heavy (non-hydrogen) atoms. The van der Waals surface area contributed by atoms with E-state index in [2.05, 4.69) is 33.9 Å². The van der Waals surface area contributed by atoms with E-state index < -0.39 is 0 Å². The Balaban J connectivity index is 1.55. The first-order chi connectivity index (χ1) is 13.6. The summed E-state index contributed by atoms with van der Waals surface area (Å²) in [6, 6.07) is 13.4. The molecule has 0 spiro atoms. The number of hydrogen-bond donors (Lipinski definition) is 1. The zero-order chi connectivity index (χ0) is 19.5. The van der Waals surface area contributed by atoms with E-state index in [4.69, 9.17) is 4.74 Å². The van der Waals surface area contributed by atoms with Crippen LogP contribution in [0.15, 0.2) is 60.0 Å². The van der Waals surface area contributed by atoms with E-state index in [0.29, 0.717) is 29.3 Å². The molecular weight excluding hydrogens is 352 g/mol. The van der Waals surface area contributed by atoms with Gasteiger partial charge in [0, 0.05) is 42.5 Å². The van der Waals surface area contributed by atoms with Crippen LogP contribution < -0.4 is 4.74 Å². The van der Waals surface area contributed by atoms with Crippen LogP contribution in [-0.4, -0.2) is 39.0 Å². The van der Waals surface area contributed by atoms with Crippen molar-refractivity contribution < 1.29 is 9.94 Å². The zero-order valence-electron chi connectivity index (χ0n) is 16.1. The number of pyridine rings is 2. The summed E-state index contributed by atoms with van der Waals surface area (Å²) >= 11 is 0. The maximum Gasteiger partial charge on any atom is 0.219 e. The van der Waals surface area contributed by atoms with Crippen molar-refractivity contribution in [2.24, 2.45) is 17.0 Å². The highest BCUT2D eigenvalue weighted by Crippen LogP contribution is 2.28. The van der Waals surface area contributed by atoms with Crippen LogP contribution in [0.4, 0.5) is 0 Å². The van der Waals surface area contributed by atoms with Gasteiger partial charge in [0.25, 0.3) is 0 Å². The van der Waals surface area contributed by atoms with Crippen molar-refractivity contribution in [3.63, 3.8) is 0 Å². The Hall–Kier alpha value is -3.15. The molecule has 2 aromatic heterocycles. The summed E-state index contributed by atoms with van der Waals surface area (Å²) in [5.74, 6) is 2.82. The van der Waals surface area contributed by atoms with Crippen molar-refractivity contribution in [3.8, 4) is 11.6 Å². The molecule has 1 aliphatic rings. The number of para-hydroxylation sites is 1. The van der Waals surface area contributed by atoms with Gasteiger partial charge in [-0.2, -0.15) is 0 Å². The average molecular weight is 376 g/mol. The van der Waals surface area contributed by atoms with Gasteiger partial charge in [0.2, 0.25) is 5.88 Å². The van der Waals surface area contributed by atoms with Crippen LogP contribution in [0.25, 0.3) is 10.9 Å². The highest BCUT2D eigenvalue weighted by Gasteiger charge is 2.25. The Morgan fingerprint density at radius 1 is 1.07 bits per heavy atom. The lowest BCUT2D eigenvalue weighted by molar-refractivity contribution is 0.204. The molecule has 0 bridgehead atoms. The molecule has 3 aromatic rings. The third-order valence-corrected chi connectivity index (χ3v) is 5.07. The first-order valence-corrected chi connectivity index (χ1v) is 9.59. The molecule has 1 aliphatic heterocycles. The molecule has 144 valence electrons. The van der Waals surface area contributed by atoms with E-state index in [1.807, 2.05) is 36.4 Å². The van der Waals surface area contributed by atoms with Crippen molar-refractivity contribution in [3.05, 3.63) is 60.4 Å². The highest BCUT2D eigenvalue weighted by atomic mass is 16.5. The maximum atomic E-state index is 9.61. The van der Waals surface area contributed by atoms with Crippen molar-refractivity contribution >= 4 is 16.7 Å². The first-order valence-electron chi connectivity index (χ1n) is 9.59. The predicted molar refractivity (Wildman–Crippen MR) is 109 cm³/mol. The summed E-state index contributed by atoms with van der Waals surface area (Å²) in [4.78, 5) is 10.9. The molecule has 1 fully saturated rings. The van der Waals surface area contributed by atoms with Crippen LogP contribution in [0, 0.1) is 11.8 Å². The molecule has 1 N–H and O–H groups in total. The summed E-state index contributed by atoms with van der Waals surface area (Å²) < 4.78 is 5.95. The number of likely N-dealkylation sites (tertiary alicyclic amines) is 1. The van der Waals surface area contributed by atoms with Crippen LogP contribution in [-0.2, 0) is 0 Å². The number of fused-ring (bicyclic) bond motifs is 1. The fourth-order valence-electron chi connectivity index (χ4n) is 3.98. The van der Waals surface area contributed by atoms with E-state index in [1.165, 1.54) is 6.42 Å². The summed E-state index contributed by atoms with van der Waals surface area (Å²) in [6.45, 7) is 6.21. The highest BCUT2D eigenvalue weighted by molar-refractivity contribution is 5.98. The number of aromatic nitrogens is 2. The number of ether oxygens (including phenoxy) is 1. The molecule has 0 saturated carbocycles. The molecule has 0 amide bonds. The van der Waals surface area contributed by atoms with Gasteiger partial charge in [0.15, 0.2) is 11.6 Å². The molecule has 6 nitrogen and oxygen atoms in total. The average Bonchev–Trinajstić information content (AvgIpc) is 2.69. The van der Waals surface area contributed by atoms with Crippen molar-refractivity contribution in [2.75, 3.05) is 13.1 Å². The van der Waals surface area contributed by atoms with Crippen molar-refractivity contribution in [2.45, 2.75) is 20.3 Å². The number of amidine groups is 1. The van der Waals surface area contributed by atoms with Gasteiger partial charge in [0.1, 0.15) is 5.52 Å². The van der Waals surface area contributed by atoms with Gasteiger partial charge in [-0.15, -0.1) is 0 Å². The lowest BCUT2D eigenvalue weighted by Gasteiger charge is -2.36. The van der Waals surface area contributed by atoms with Gasteiger partial charge >= 0.3 is 0 Å². The van der Waals surface area contributed by atoms with E-state index >= 15 is 0 Å². The van der Waals surface area contributed by atoms with Gasteiger partial charge in [-0.25, -0.2) is 4.98 Å². The first kappa shape index (κ1) is 18.2. The van der Waals surface area contributed by atoms with Crippen molar-refractivity contribution in [1.29, 1.82) is 0 Å². The minimum absolute atomic E-state index is 0.472. The van der Waals surface area contributed by atoms with E-state index in [0.717, 1.165) is 29.6 Å². The van der Waals surface area contributed by atoms with Gasteiger partial charge in [-0.05, 0) is 36.5 Å². The SMILES string of the molecule is CC1CC(C)CN(/C(=N\O)c2ccc(Oc3cccc4cccnc34)nc2)C1. The van der Waals surface area contributed by atoms with Crippen LogP contribution in [0.5, 0.6) is 11.6 Å². The molecule has 1 aromatic carbocycles. The van der Waals surface area contributed by atoms with E-state index in [1.54, 1.807) is 18.5 Å². The Bertz CT molecular complexity index is 972. The third-order valence-electron chi connectivity index (χ3n) is 5.07. The molecule has 3 heterocycles. The largest absolute Gasteiger partial charge is 0.437 e. The number of benzene rings is 1. The quantitative estimate of drug-likeness (QED) is 0.315. The van der Waals surface area contributed by atoms with Crippen LogP contribution in [0.2, 0.25) is 0 Å². The molecule has 0 radical (unpaired) electrons.